The van der Waals surface area contributed by atoms with Crippen LogP contribution < -0.4 is 15.5 Å². The van der Waals surface area contributed by atoms with E-state index in [4.69, 9.17) is 0 Å². The number of carbonyl (C=O) groups excluding carboxylic acids is 1. The van der Waals surface area contributed by atoms with Crippen molar-refractivity contribution in [3.8, 4) is 0 Å². The van der Waals surface area contributed by atoms with Gasteiger partial charge in [-0.25, -0.2) is 0 Å². The molecule has 5 nitrogen and oxygen atoms in total. The second-order valence-corrected chi connectivity index (χ2v) is 5.97. The fourth-order valence-electron chi connectivity index (χ4n) is 3.82. The Balaban J connectivity index is 1.83. The minimum Gasteiger partial charge on any atom is -0.368 e. The van der Waals surface area contributed by atoms with E-state index in [1.807, 2.05) is 19.1 Å². The van der Waals surface area contributed by atoms with Gasteiger partial charge in [-0.05, 0) is 37.3 Å². The maximum atomic E-state index is 12.0. The molecule has 5 heteroatoms. The molecular formula is C16H24N4O. The van der Waals surface area contributed by atoms with Gasteiger partial charge in [-0.2, -0.15) is 0 Å². The maximum absolute atomic E-state index is 12.0. The van der Waals surface area contributed by atoms with Crippen molar-refractivity contribution >= 4 is 11.6 Å². The summed E-state index contributed by atoms with van der Waals surface area (Å²) in [5.74, 6) is 1.38. The summed E-state index contributed by atoms with van der Waals surface area (Å²) >= 11 is 0. The number of fused-ring (bicyclic) bond motifs is 1. The van der Waals surface area contributed by atoms with E-state index in [1.165, 1.54) is 0 Å². The fourth-order valence-corrected chi connectivity index (χ4v) is 3.82. The molecule has 21 heavy (non-hydrogen) atoms. The Bertz CT molecular complexity index is 519. The lowest BCUT2D eigenvalue weighted by molar-refractivity contribution is 0.0951. The van der Waals surface area contributed by atoms with Crippen LogP contribution in [-0.2, 0) is 0 Å². The van der Waals surface area contributed by atoms with Gasteiger partial charge in [-0.1, -0.05) is 6.92 Å². The molecule has 3 atom stereocenters. The molecule has 1 amide bonds. The van der Waals surface area contributed by atoms with Gasteiger partial charge in [0.1, 0.15) is 5.69 Å². The van der Waals surface area contributed by atoms with E-state index in [9.17, 15) is 4.79 Å². The first-order valence-electron chi connectivity index (χ1n) is 7.96. The van der Waals surface area contributed by atoms with Gasteiger partial charge in [-0.3, -0.25) is 9.78 Å². The molecule has 2 aliphatic rings. The van der Waals surface area contributed by atoms with Gasteiger partial charge in [-0.15, -0.1) is 0 Å². The van der Waals surface area contributed by atoms with E-state index < -0.39 is 0 Å². The van der Waals surface area contributed by atoms with Crippen LogP contribution >= 0.6 is 0 Å². The van der Waals surface area contributed by atoms with Crippen molar-refractivity contribution in [1.29, 1.82) is 0 Å². The third-order valence-corrected chi connectivity index (χ3v) is 4.78. The van der Waals surface area contributed by atoms with E-state index >= 15 is 0 Å². The van der Waals surface area contributed by atoms with E-state index in [1.54, 1.807) is 6.20 Å². The number of pyridine rings is 1. The van der Waals surface area contributed by atoms with Crippen molar-refractivity contribution in [2.75, 3.05) is 31.1 Å². The zero-order valence-electron chi connectivity index (χ0n) is 12.8. The zero-order valence-corrected chi connectivity index (χ0v) is 12.8. The lowest BCUT2D eigenvalue weighted by atomic mass is 9.93. The molecule has 2 saturated heterocycles. The predicted molar refractivity (Wildman–Crippen MR) is 83.5 cm³/mol. The highest BCUT2D eigenvalue weighted by atomic mass is 16.1. The maximum Gasteiger partial charge on any atom is 0.269 e. The van der Waals surface area contributed by atoms with Gasteiger partial charge in [0.25, 0.3) is 5.91 Å². The van der Waals surface area contributed by atoms with E-state index in [2.05, 4.69) is 27.4 Å². The molecule has 2 N–H and O–H groups in total. The second kappa shape index (κ2) is 6.02. The van der Waals surface area contributed by atoms with Crippen LogP contribution in [-0.4, -0.2) is 43.1 Å². The molecule has 114 valence electrons. The van der Waals surface area contributed by atoms with Crippen LogP contribution in [0.4, 0.5) is 5.69 Å². The van der Waals surface area contributed by atoms with Crippen molar-refractivity contribution < 1.29 is 4.79 Å². The first-order chi connectivity index (χ1) is 10.2. The molecule has 0 radical (unpaired) electrons. The van der Waals surface area contributed by atoms with Crippen molar-refractivity contribution in [1.82, 2.24) is 15.6 Å². The normalized spacial score (nSPS) is 27.7. The zero-order chi connectivity index (χ0) is 14.8. The number of hydrogen-bond donors (Lipinski definition) is 2. The lowest BCUT2D eigenvalue weighted by Gasteiger charge is -2.29. The SMILES string of the molecule is CCNC(=O)c1cc(N2CC3CNCC3C2CC)ccn1. The standard InChI is InChI=1S/C16H24N4O/c1-3-15-13-9-17-8-11(13)10-20(15)12-5-6-19-14(7-12)16(21)18-4-2/h5-7,11,13,15,17H,3-4,8-10H2,1-2H3,(H,18,21). The highest BCUT2D eigenvalue weighted by molar-refractivity contribution is 5.93. The molecule has 0 bridgehead atoms. The molecule has 1 aromatic heterocycles. The summed E-state index contributed by atoms with van der Waals surface area (Å²) in [5, 5.41) is 6.32. The number of rotatable bonds is 4. The van der Waals surface area contributed by atoms with Crippen molar-refractivity contribution in [3.63, 3.8) is 0 Å². The fraction of sp³-hybridized carbons (Fsp3) is 0.625. The molecule has 0 saturated carbocycles. The van der Waals surface area contributed by atoms with Crippen LogP contribution in [0.5, 0.6) is 0 Å². The van der Waals surface area contributed by atoms with Crippen LogP contribution in [0.3, 0.4) is 0 Å². The average Bonchev–Trinajstić information content (AvgIpc) is 3.07. The van der Waals surface area contributed by atoms with Gasteiger partial charge in [0, 0.05) is 44.1 Å². The third-order valence-electron chi connectivity index (χ3n) is 4.78. The van der Waals surface area contributed by atoms with Crippen molar-refractivity contribution in [2.45, 2.75) is 26.3 Å². The number of nitrogens with one attached hydrogen (secondary N) is 2. The molecule has 2 aliphatic heterocycles. The van der Waals surface area contributed by atoms with Gasteiger partial charge >= 0.3 is 0 Å². The Hall–Kier alpha value is -1.62. The molecule has 0 aliphatic carbocycles. The number of hydrogen-bond acceptors (Lipinski definition) is 4. The van der Waals surface area contributed by atoms with Gasteiger partial charge in [0.15, 0.2) is 0 Å². The number of nitrogens with zero attached hydrogens (tertiary/aromatic N) is 2. The lowest BCUT2D eigenvalue weighted by Crippen LogP contribution is -2.35. The molecule has 1 aromatic rings. The van der Waals surface area contributed by atoms with Crippen LogP contribution in [0.1, 0.15) is 30.8 Å². The molecule has 3 heterocycles. The summed E-state index contributed by atoms with van der Waals surface area (Å²) in [6, 6.07) is 4.52. The smallest absolute Gasteiger partial charge is 0.269 e. The van der Waals surface area contributed by atoms with Gasteiger partial charge in [0.2, 0.25) is 0 Å². The Morgan fingerprint density at radius 1 is 1.48 bits per heavy atom. The summed E-state index contributed by atoms with van der Waals surface area (Å²) in [6.45, 7) is 8.12. The Morgan fingerprint density at radius 3 is 3.10 bits per heavy atom. The topological polar surface area (TPSA) is 57.3 Å². The van der Waals surface area contributed by atoms with Crippen molar-refractivity contribution in [3.05, 3.63) is 24.0 Å². The van der Waals surface area contributed by atoms with E-state index in [0.29, 0.717) is 18.3 Å². The number of aromatic nitrogens is 1. The van der Waals surface area contributed by atoms with Crippen LogP contribution in [0.2, 0.25) is 0 Å². The summed E-state index contributed by atoms with van der Waals surface area (Å²) < 4.78 is 0. The highest BCUT2D eigenvalue weighted by Gasteiger charge is 2.43. The Kier molecular flexibility index (Phi) is 4.10. The predicted octanol–water partition coefficient (Wildman–Crippen LogP) is 1.27. The highest BCUT2D eigenvalue weighted by Crippen LogP contribution is 2.37. The van der Waals surface area contributed by atoms with Crippen LogP contribution in [0.25, 0.3) is 0 Å². The first kappa shape index (κ1) is 14.3. The molecule has 2 fully saturated rings. The quantitative estimate of drug-likeness (QED) is 0.876. The first-order valence-corrected chi connectivity index (χ1v) is 7.96. The van der Waals surface area contributed by atoms with E-state index in [0.717, 1.165) is 43.6 Å². The van der Waals surface area contributed by atoms with Gasteiger partial charge < -0.3 is 15.5 Å². The van der Waals surface area contributed by atoms with Crippen molar-refractivity contribution in [2.24, 2.45) is 11.8 Å². The molecule has 0 spiro atoms. The monoisotopic (exact) mass is 288 g/mol. The van der Waals surface area contributed by atoms with Crippen LogP contribution in [0.15, 0.2) is 18.3 Å². The molecular weight excluding hydrogens is 264 g/mol. The largest absolute Gasteiger partial charge is 0.368 e. The second-order valence-electron chi connectivity index (χ2n) is 5.97. The summed E-state index contributed by atoms with van der Waals surface area (Å²) in [4.78, 5) is 18.6. The number of amides is 1. The molecule has 0 aromatic carbocycles. The third kappa shape index (κ3) is 2.62. The summed E-state index contributed by atoms with van der Waals surface area (Å²) in [7, 11) is 0. The molecule has 3 unspecified atom stereocenters. The number of anilines is 1. The Labute approximate surface area is 126 Å². The molecule has 3 rings (SSSR count). The van der Waals surface area contributed by atoms with E-state index in [-0.39, 0.29) is 5.91 Å². The summed E-state index contributed by atoms with van der Waals surface area (Å²) in [5.41, 5.74) is 1.65. The summed E-state index contributed by atoms with van der Waals surface area (Å²) in [6.07, 6.45) is 2.89. The average molecular weight is 288 g/mol. The Morgan fingerprint density at radius 2 is 2.33 bits per heavy atom. The van der Waals surface area contributed by atoms with Crippen LogP contribution in [0, 0.1) is 11.8 Å². The minimum atomic E-state index is -0.0894. The number of carbonyl (C=O) groups is 1. The van der Waals surface area contributed by atoms with Gasteiger partial charge in [0.05, 0.1) is 0 Å². The minimum absolute atomic E-state index is 0.0894.